The second-order valence-electron chi connectivity index (χ2n) is 7.33. The Labute approximate surface area is 180 Å². The maximum absolute atomic E-state index is 12.0. The van der Waals surface area contributed by atoms with Gasteiger partial charge in [0.15, 0.2) is 5.96 Å². The van der Waals surface area contributed by atoms with Crippen LogP contribution in [0.25, 0.3) is 0 Å². The van der Waals surface area contributed by atoms with E-state index in [1.807, 2.05) is 11.8 Å². The highest BCUT2D eigenvalue weighted by Gasteiger charge is 2.24. The summed E-state index contributed by atoms with van der Waals surface area (Å²) < 4.78 is 0. The molecule has 0 saturated heterocycles. The van der Waals surface area contributed by atoms with Crippen molar-refractivity contribution < 1.29 is 4.79 Å². The average Bonchev–Trinajstić information content (AvgIpc) is 3.07. The first-order chi connectivity index (χ1) is 12.2. The molecule has 0 aromatic carbocycles. The standard InChI is InChI=1S/C19H36N4OS.HI/c1-3-20-19(23-16-9-10-17(14-16)25-2)22-12-11-21-18(24)13-15-7-5-4-6-8-15;/h15-17H,3-14H2,1-2H3,(H,21,24)(H2,20,22,23);1H. The normalized spacial score (nSPS) is 24.0. The van der Waals surface area contributed by atoms with Gasteiger partial charge in [0.2, 0.25) is 5.91 Å². The third kappa shape index (κ3) is 9.15. The van der Waals surface area contributed by atoms with Gasteiger partial charge in [0, 0.05) is 30.8 Å². The van der Waals surface area contributed by atoms with Crippen molar-refractivity contribution in [3.63, 3.8) is 0 Å². The average molecular weight is 497 g/mol. The fraction of sp³-hybridized carbons (Fsp3) is 0.895. The molecule has 7 heteroatoms. The van der Waals surface area contributed by atoms with E-state index in [0.717, 1.165) is 17.8 Å². The first-order valence-electron chi connectivity index (χ1n) is 10.1. The summed E-state index contributed by atoms with van der Waals surface area (Å²) in [5.74, 6) is 1.68. The molecule has 2 aliphatic rings. The van der Waals surface area contributed by atoms with Crippen LogP contribution in [0.5, 0.6) is 0 Å². The predicted octanol–water partition coefficient (Wildman–Crippen LogP) is 3.53. The van der Waals surface area contributed by atoms with Crippen molar-refractivity contribution in [1.29, 1.82) is 0 Å². The van der Waals surface area contributed by atoms with Gasteiger partial charge >= 0.3 is 0 Å². The highest BCUT2D eigenvalue weighted by Crippen LogP contribution is 2.28. The zero-order valence-corrected chi connectivity index (χ0v) is 19.5. The molecule has 0 heterocycles. The predicted molar refractivity (Wildman–Crippen MR) is 124 cm³/mol. The Bertz CT molecular complexity index is 430. The Morgan fingerprint density at radius 2 is 1.88 bits per heavy atom. The quantitative estimate of drug-likeness (QED) is 0.208. The third-order valence-electron chi connectivity index (χ3n) is 5.31. The molecule has 2 atom stereocenters. The van der Waals surface area contributed by atoms with Gasteiger partial charge in [-0.2, -0.15) is 11.8 Å². The van der Waals surface area contributed by atoms with E-state index in [4.69, 9.17) is 0 Å². The summed E-state index contributed by atoms with van der Waals surface area (Å²) in [6.07, 6.45) is 13.0. The number of thioether (sulfide) groups is 1. The smallest absolute Gasteiger partial charge is 0.220 e. The van der Waals surface area contributed by atoms with E-state index in [9.17, 15) is 4.79 Å². The molecular formula is C19H37IN4OS. The van der Waals surface area contributed by atoms with Crippen molar-refractivity contribution in [1.82, 2.24) is 16.0 Å². The fourth-order valence-electron chi connectivity index (χ4n) is 3.89. The SMILES string of the molecule is CCNC(=NCCNC(=O)CC1CCCCC1)NC1CCC(SC)C1.I. The maximum Gasteiger partial charge on any atom is 0.220 e. The van der Waals surface area contributed by atoms with Crippen LogP contribution in [-0.4, -0.2) is 49.0 Å². The van der Waals surface area contributed by atoms with E-state index in [1.54, 1.807) is 0 Å². The molecule has 1 amide bonds. The number of nitrogens with zero attached hydrogens (tertiary/aromatic N) is 1. The summed E-state index contributed by atoms with van der Waals surface area (Å²) in [7, 11) is 0. The minimum atomic E-state index is 0. The van der Waals surface area contributed by atoms with Gasteiger partial charge in [-0.05, 0) is 51.2 Å². The van der Waals surface area contributed by atoms with Crippen molar-refractivity contribution in [3.8, 4) is 0 Å². The summed E-state index contributed by atoms with van der Waals surface area (Å²) >= 11 is 1.97. The molecule has 3 N–H and O–H groups in total. The van der Waals surface area contributed by atoms with Gasteiger partial charge in [-0.15, -0.1) is 24.0 Å². The lowest BCUT2D eigenvalue weighted by atomic mass is 9.87. The Kier molecular flexibility index (Phi) is 12.8. The van der Waals surface area contributed by atoms with E-state index >= 15 is 0 Å². The van der Waals surface area contributed by atoms with Crippen LogP contribution >= 0.6 is 35.7 Å². The second kappa shape index (κ2) is 13.9. The molecular weight excluding hydrogens is 459 g/mol. The lowest BCUT2D eigenvalue weighted by molar-refractivity contribution is -0.122. The molecule has 26 heavy (non-hydrogen) atoms. The first kappa shape index (κ1) is 23.9. The number of nitrogens with one attached hydrogen (secondary N) is 3. The van der Waals surface area contributed by atoms with E-state index in [1.165, 1.54) is 51.4 Å². The van der Waals surface area contributed by atoms with E-state index in [-0.39, 0.29) is 29.9 Å². The summed E-state index contributed by atoms with van der Waals surface area (Å²) in [6, 6.07) is 0.524. The molecule has 2 saturated carbocycles. The van der Waals surface area contributed by atoms with Crippen LogP contribution in [0.3, 0.4) is 0 Å². The lowest BCUT2D eigenvalue weighted by Crippen LogP contribution is -2.43. The Morgan fingerprint density at radius 3 is 2.54 bits per heavy atom. The summed E-state index contributed by atoms with van der Waals surface area (Å²) in [4.78, 5) is 16.7. The minimum absolute atomic E-state index is 0. The number of hydrogen-bond donors (Lipinski definition) is 3. The number of rotatable bonds is 8. The highest BCUT2D eigenvalue weighted by molar-refractivity contribution is 14.0. The van der Waals surface area contributed by atoms with Crippen molar-refractivity contribution in [3.05, 3.63) is 0 Å². The van der Waals surface area contributed by atoms with Crippen molar-refractivity contribution >= 4 is 47.6 Å². The number of hydrogen-bond acceptors (Lipinski definition) is 3. The summed E-state index contributed by atoms with van der Waals surface area (Å²) in [6.45, 7) is 4.20. The Balaban J connectivity index is 0.00000338. The largest absolute Gasteiger partial charge is 0.357 e. The van der Waals surface area contributed by atoms with E-state index in [2.05, 4.69) is 34.1 Å². The number of carbonyl (C=O) groups is 1. The number of carbonyl (C=O) groups excluding carboxylic acids is 1. The number of guanidine groups is 1. The lowest BCUT2D eigenvalue weighted by Gasteiger charge is -2.20. The maximum atomic E-state index is 12.0. The number of halogens is 1. The molecule has 2 fully saturated rings. The van der Waals surface area contributed by atoms with Gasteiger partial charge in [-0.1, -0.05) is 19.3 Å². The third-order valence-corrected chi connectivity index (χ3v) is 6.40. The van der Waals surface area contributed by atoms with Gasteiger partial charge in [0.05, 0.1) is 6.54 Å². The van der Waals surface area contributed by atoms with Crippen LogP contribution in [0.1, 0.15) is 64.7 Å². The topological polar surface area (TPSA) is 65.5 Å². The molecule has 0 aliphatic heterocycles. The second-order valence-corrected chi connectivity index (χ2v) is 8.47. The molecule has 0 bridgehead atoms. The van der Waals surface area contributed by atoms with Crippen molar-refractivity contribution in [2.24, 2.45) is 10.9 Å². The molecule has 0 aromatic rings. The van der Waals surface area contributed by atoms with Gasteiger partial charge in [-0.3, -0.25) is 9.79 Å². The first-order valence-corrected chi connectivity index (χ1v) is 11.3. The monoisotopic (exact) mass is 496 g/mol. The van der Waals surface area contributed by atoms with Gasteiger partial charge < -0.3 is 16.0 Å². The fourth-order valence-corrected chi connectivity index (χ4v) is 4.68. The van der Waals surface area contributed by atoms with Gasteiger partial charge in [0.25, 0.3) is 0 Å². The van der Waals surface area contributed by atoms with E-state index in [0.29, 0.717) is 31.5 Å². The van der Waals surface area contributed by atoms with Crippen molar-refractivity contribution in [2.45, 2.75) is 76.0 Å². The molecule has 0 spiro atoms. The van der Waals surface area contributed by atoms with Crippen LogP contribution in [0.4, 0.5) is 0 Å². The molecule has 0 radical (unpaired) electrons. The van der Waals surface area contributed by atoms with E-state index < -0.39 is 0 Å². The zero-order valence-electron chi connectivity index (χ0n) is 16.4. The minimum Gasteiger partial charge on any atom is -0.357 e. The molecule has 152 valence electrons. The number of aliphatic imine (C=N–C) groups is 1. The Hall–Kier alpha value is -0.180. The molecule has 5 nitrogen and oxygen atoms in total. The summed E-state index contributed by atoms with van der Waals surface area (Å²) in [5.41, 5.74) is 0. The van der Waals surface area contributed by atoms with Crippen molar-refractivity contribution in [2.75, 3.05) is 25.9 Å². The van der Waals surface area contributed by atoms with Crippen LogP contribution in [0, 0.1) is 5.92 Å². The summed E-state index contributed by atoms with van der Waals surface area (Å²) in [5, 5.41) is 10.7. The molecule has 2 aliphatic carbocycles. The van der Waals surface area contributed by atoms with Gasteiger partial charge in [-0.25, -0.2) is 0 Å². The van der Waals surface area contributed by atoms with Crippen LogP contribution in [0.2, 0.25) is 0 Å². The Morgan fingerprint density at radius 1 is 1.12 bits per heavy atom. The molecule has 2 rings (SSSR count). The van der Waals surface area contributed by atoms with Crippen LogP contribution in [-0.2, 0) is 4.79 Å². The molecule has 2 unspecified atom stereocenters. The van der Waals surface area contributed by atoms with Gasteiger partial charge in [0.1, 0.15) is 0 Å². The number of amides is 1. The van der Waals surface area contributed by atoms with Crippen LogP contribution in [0.15, 0.2) is 4.99 Å². The highest BCUT2D eigenvalue weighted by atomic mass is 127. The molecule has 0 aromatic heterocycles. The van der Waals surface area contributed by atoms with Crippen LogP contribution < -0.4 is 16.0 Å². The zero-order chi connectivity index (χ0) is 17.9.